The molecule has 0 aliphatic carbocycles. The number of aromatic nitrogens is 4. The second kappa shape index (κ2) is 8.40. The number of rotatable bonds is 4. The Bertz CT molecular complexity index is 1580. The van der Waals surface area contributed by atoms with E-state index < -0.39 is 17.4 Å². The zero-order valence-electron chi connectivity index (χ0n) is 16.5. The van der Waals surface area contributed by atoms with Gasteiger partial charge in [0.2, 0.25) is 0 Å². The van der Waals surface area contributed by atoms with Gasteiger partial charge in [-0.2, -0.15) is 5.10 Å². The summed E-state index contributed by atoms with van der Waals surface area (Å²) in [5.74, 6) is -1.33. The SMILES string of the molecule is C=CCn1c(=S)[nH]c2cc(C(=O)NNC(=O)c3n[nH]c(=O)c4ccccc34)ccc2c1=O. The normalized spacial score (nSPS) is 10.8. The molecule has 0 radical (unpaired) electrons. The Morgan fingerprint density at radius 1 is 1.06 bits per heavy atom. The number of hydrogen-bond acceptors (Lipinski definition) is 6. The van der Waals surface area contributed by atoms with Crippen LogP contribution in [0.5, 0.6) is 0 Å². The average Bonchev–Trinajstić information content (AvgIpc) is 2.80. The van der Waals surface area contributed by atoms with E-state index in [4.69, 9.17) is 12.2 Å². The first-order valence-electron chi connectivity index (χ1n) is 9.36. The molecule has 0 aliphatic heterocycles. The monoisotopic (exact) mass is 448 g/mol. The fourth-order valence-electron chi connectivity index (χ4n) is 3.22. The number of H-pyrrole nitrogens is 2. The van der Waals surface area contributed by atoms with Crippen LogP contribution in [0.15, 0.2) is 64.7 Å². The molecule has 0 fully saturated rings. The first-order valence-corrected chi connectivity index (χ1v) is 9.77. The van der Waals surface area contributed by atoms with Gasteiger partial charge in [-0.3, -0.25) is 34.6 Å². The Morgan fingerprint density at radius 2 is 1.78 bits per heavy atom. The molecule has 0 saturated heterocycles. The van der Waals surface area contributed by atoms with Crippen LogP contribution in [0.25, 0.3) is 21.7 Å². The fraction of sp³-hybridized carbons (Fsp3) is 0.0476. The van der Waals surface area contributed by atoms with E-state index in [1.165, 1.54) is 22.8 Å². The van der Waals surface area contributed by atoms with Gasteiger partial charge in [-0.15, -0.1) is 6.58 Å². The number of carbonyl (C=O) groups is 2. The van der Waals surface area contributed by atoms with Crippen molar-refractivity contribution < 1.29 is 9.59 Å². The highest BCUT2D eigenvalue weighted by Crippen LogP contribution is 2.13. The first-order chi connectivity index (χ1) is 15.4. The topological polar surface area (TPSA) is 142 Å². The van der Waals surface area contributed by atoms with Gasteiger partial charge < -0.3 is 4.98 Å². The average molecular weight is 448 g/mol. The van der Waals surface area contributed by atoms with Crippen LogP contribution in [-0.2, 0) is 6.54 Å². The minimum absolute atomic E-state index is 0.0501. The zero-order valence-corrected chi connectivity index (χ0v) is 17.3. The summed E-state index contributed by atoms with van der Waals surface area (Å²) in [5, 5.41) is 7.03. The van der Waals surface area contributed by atoms with Crippen LogP contribution < -0.4 is 22.0 Å². The summed E-state index contributed by atoms with van der Waals surface area (Å²) >= 11 is 5.20. The van der Waals surface area contributed by atoms with Crippen LogP contribution in [0.4, 0.5) is 0 Å². The summed E-state index contributed by atoms with van der Waals surface area (Å²) in [5.41, 5.74) is 4.35. The molecule has 2 aromatic carbocycles. The van der Waals surface area contributed by atoms with E-state index in [1.807, 2.05) is 0 Å². The molecule has 0 unspecified atom stereocenters. The van der Waals surface area contributed by atoms with Crippen molar-refractivity contribution in [3.63, 3.8) is 0 Å². The number of benzene rings is 2. The number of aromatic amines is 2. The highest BCUT2D eigenvalue weighted by atomic mass is 32.1. The van der Waals surface area contributed by atoms with Gasteiger partial charge >= 0.3 is 0 Å². The molecule has 0 aliphatic rings. The molecule has 32 heavy (non-hydrogen) atoms. The molecule has 0 atom stereocenters. The summed E-state index contributed by atoms with van der Waals surface area (Å²) in [4.78, 5) is 52.4. The highest BCUT2D eigenvalue weighted by molar-refractivity contribution is 7.71. The van der Waals surface area contributed by atoms with Gasteiger partial charge in [0, 0.05) is 17.5 Å². The lowest BCUT2D eigenvalue weighted by Gasteiger charge is -2.10. The molecular weight excluding hydrogens is 432 g/mol. The number of nitrogens with one attached hydrogen (secondary N) is 4. The van der Waals surface area contributed by atoms with Gasteiger partial charge in [0.05, 0.1) is 16.3 Å². The van der Waals surface area contributed by atoms with Crippen molar-refractivity contribution >= 4 is 45.7 Å². The van der Waals surface area contributed by atoms with Crippen molar-refractivity contribution in [1.29, 1.82) is 0 Å². The summed E-state index contributed by atoms with van der Waals surface area (Å²) in [6.07, 6.45) is 1.56. The number of carbonyl (C=O) groups excluding carboxylic acids is 2. The largest absolute Gasteiger partial charge is 0.332 e. The third kappa shape index (κ3) is 3.72. The van der Waals surface area contributed by atoms with Crippen molar-refractivity contribution in [2.75, 3.05) is 0 Å². The van der Waals surface area contributed by atoms with Crippen molar-refractivity contribution in [3.05, 3.63) is 91.9 Å². The summed E-state index contributed by atoms with van der Waals surface area (Å²) in [7, 11) is 0. The predicted molar refractivity (Wildman–Crippen MR) is 121 cm³/mol. The third-order valence-corrected chi connectivity index (χ3v) is 5.08. The van der Waals surface area contributed by atoms with E-state index in [2.05, 4.69) is 32.6 Å². The number of fused-ring (bicyclic) bond motifs is 2. The summed E-state index contributed by atoms with van der Waals surface area (Å²) in [6.45, 7) is 3.86. The third-order valence-electron chi connectivity index (χ3n) is 4.76. The van der Waals surface area contributed by atoms with Gasteiger partial charge in [0.1, 0.15) is 0 Å². The van der Waals surface area contributed by atoms with Gasteiger partial charge in [0.25, 0.3) is 22.9 Å². The minimum atomic E-state index is -0.710. The fourth-order valence-corrected chi connectivity index (χ4v) is 3.49. The molecule has 0 saturated carbocycles. The highest BCUT2D eigenvalue weighted by Gasteiger charge is 2.16. The molecule has 0 spiro atoms. The van der Waals surface area contributed by atoms with Crippen molar-refractivity contribution in [3.8, 4) is 0 Å². The number of hydrogen-bond donors (Lipinski definition) is 4. The zero-order chi connectivity index (χ0) is 22.8. The number of amides is 2. The van der Waals surface area contributed by atoms with E-state index in [0.29, 0.717) is 21.7 Å². The van der Waals surface area contributed by atoms with Crippen molar-refractivity contribution in [2.45, 2.75) is 6.54 Å². The van der Waals surface area contributed by atoms with Gasteiger partial charge in [-0.25, -0.2) is 5.10 Å². The van der Waals surface area contributed by atoms with Crippen LogP contribution in [0.1, 0.15) is 20.8 Å². The van der Waals surface area contributed by atoms with E-state index in [0.717, 1.165) is 0 Å². The molecule has 2 aromatic heterocycles. The lowest BCUT2D eigenvalue weighted by atomic mass is 10.1. The molecule has 0 bridgehead atoms. The Balaban J connectivity index is 1.58. The van der Waals surface area contributed by atoms with Gasteiger partial charge in [-0.05, 0) is 36.5 Å². The molecule has 160 valence electrons. The van der Waals surface area contributed by atoms with Gasteiger partial charge in [0.15, 0.2) is 10.5 Å². The van der Waals surface area contributed by atoms with E-state index >= 15 is 0 Å². The summed E-state index contributed by atoms with van der Waals surface area (Å²) < 4.78 is 1.55. The Kier molecular flexibility index (Phi) is 5.48. The number of allylic oxidation sites excluding steroid dienone is 1. The van der Waals surface area contributed by atoms with E-state index in [9.17, 15) is 19.2 Å². The Labute approximate surface area is 184 Å². The van der Waals surface area contributed by atoms with Crippen LogP contribution in [0.2, 0.25) is 0 Å². The standard InChI is InChI=1S/C21H16N6O4S/c1-2-9-27-20(31)14-8-7-11(10-15(14)22-21(27)32)17(28)24-26-19(30)16-12-5-3-4-6-13(12)18(29)25-23-16/h2-8,10H,1,9H2,(H,22,32)(H,24,28)(H,25,29)(H,26,30). The predicted octanol–water partition coefficient (Wildman–Crippen LogP) is 1.56. The molecule has 11 heteroatoms. The molecule has 2 amide bonds. The van der Waals surface area contributed by atoms with Gasteiger partial charge in [-0.1, -0.05) is 24.3 Å². The second-order valence-corrected chi connectivity index (χ2v) is 7.14. The van der Waals surface area contributed by atoms with Crippen molar-refractivity contribution in [1.82, 2.24) is 30.6 Å². The minimum Gasteiger partial charge on any atom is -0.332 e. The van der Waals surface area contributed by atoms with Crippen LogP contribution >= 0.6 is 12.2 Å². The molecule has 2 heterocycles. The maximum Gasteiger partial charge on any atom is 0.290 e. The van der Waals surface area contributed by atoms with Crippen molar-refractivity contribution in [2.24, 2.45) is 0 Å². The van der Waals surface area contributed by atoms with Crippen LogP contribution in [-0.4, -0.2) is 31.6 Å². The lowest BCUT2D eigenvalue weighted by molar-refractivity contribution is 0.0844. The Hall–Kier alpha value is -4.38. The lowest BCUT2D eigenvalue weighted by Crippen LogP contribution is -2.42. The second-order valence-electron chi connectivity index (χ2n) is 6.75. The van der Waals surface area contributed by atoms with Crippen LogP contribution in [0.3, 0.4) is 0 Å². The van der Waals surface area contributed by atoms with Crippen LogP contribution in [0, 0.1) is 4.77 Å². The molecule has 10 nitrogen and oxygen atoms in total. The quantitative estimate of drug-likeness (QED) is 0.212. The smallest absolute Gasteiger partial charge is 0.290 e. The van der Waals surface area contributed by atoms with E-state index in [-0.39, 0.29) is 28.1 Å². The van der Waals surface area contributed by atoms with E-state index in [1.54, 1.807) is 30.3 Å². The maximum absolute atomic E-state index is 12.6. The molecule has 4 rings (SSSR count). The maximum atomic E-state index is 12.6. The summed E-state index contributed by atoms with van der Waals surface area (Å²) in [6, 6.07) is 10.9. The molecular formula is C21H16N6O4S. The number of nitrogens with zero attached hydrogens (tertiary/aromatic N) is 2. The first kappa shape index (κ1) is 20.9. The molecule has 4 aromatic rings. The Morgan fingerprint density at radius 3 is 2.53 bits per heavy atom. The molecule has 4 N–H and O–H groups in total. The number of hydrazine groups is 1.